The zero-order valence-corrected chi connectivity index (χ0v) is 11.8. The molecule has 5 heteroatoms. The molecule has 2 aromatic rings. The van der Waals surface area contributed by atoms with Crippen LogP contribution in [0.15, 0.2) is 42.7 Å². The Labute approximate surface area is 123 Å². The molecule has 1 fully saturated rings. The van der Waals surface area contributed by atoms with E-state index in [2.05, 4.69) is 14.9 Å². The molecule has 0 unspecified atom stereocenters. The summed E-state index contributed by atoms with van der Waals surface area (Å²) in [6.45, 7) is 3.23. The highest BCUT2D eigenvalue weighted by Gasteiger charge is 2.22. The maximum atomic E-state index is 5.92. The number of ether oxygens (including phenoxy) is 1. The lowest BCUT2D eigenvalue weighted by atomic mass is 10.1. The molecular formula is C15H16ClN3O. The summed E-state index contributed by atoms with van der Waals surface area (Å²) in [5.74, 6) is 0.851. The molecule has 2 heterocycles. The summed E-state index contributed by atoms with van der Waals surface area (Å²) >= 11 is 5.92. The Morgan fingerprint density at radius 1 is 1.20 bits per heavy atom. The Morgan fingerprint density at radius 2 is 1.95 bits per heavy atom. The number of hydrogen-bond acceptors (Lipinski definition) is 4. The molecule has 1 aromatic heterocycles. The molecule has 1 atom stereocenters. The summed E-state index contributed by atoms with van der Waals surface area (Å²) in [7, 11) is 0. The summed E-state index contributed by atoms with van der Waals surface area (Å²) < 4.78 is 5.85. The molecule has 0 N–H and O–H groups in total. The van der Waals surface area contributed by atoms with Gasteiger partial charge in [0.2, 0.25) is 0 Å². The van der Waals surface area contributed by atoms with Crippen LogP contribution in [0.1, 0.15) is 17.5 Å². The Kier molecular flexibility index (Phi) is 4.25. The van der Waals surface area contributed by atoms with Gasteiger partial charge in [0.05, 0.1) is 19.3 Å². The fourth-order valence-corrected chi connectivity index (χ4v) is 2.46. The molecule has 104 valence electrons. The number of hydrogen-bond donors (Lipinski definition) is 0. The minimum absolute atomic E-state index is 0.0877. The highest BCUT2D eigenvalue weighted by atomic mass is 35.5. The number of nitrogens with zero attached hydrogens (tertiary/aromatic N) is 3. The van der Waals surface area contributed by atoms with Gasteiger partial charge in [0, 0.05) is 30.5 Å². The molecule has 0 saturated carbocycles. The number of aromatic nitrogens is 2. The van der Waals surface area contributed by atoms with E-state index >= 15 is 0 Å². The molecule has 1 aromatic carbocycles. The van der Waals surface area contributed by atoms with Crippen LogP contribution < -0.4 is 0 Å². The van der Waals surface area contributed by atoms with E-state index in [1.807, 2.05) is 30.3 Å². The van der Waals surface area contributed by atoms with E-state index in [0.29, 0.717) is 0 Å². The van der Waals surface area contributed by atoms with E-state index in [4.69, 9.17) is 16.3 Å². The van der Waals surface area contributed by atoms with Crippen molar-refractivity contribution in [2.45, 2.75) is 12.6 Å². The van der Waals surface area contributed by atoms with Gasteiger partial charge in [0.25, 0.3) is 0 Å². The monoisotopic (exact) mass is 289 g/mol. The number of morpholine rings is 1. The lowest BCUT2D eigenvalue weighted by molar-refractivity contribution is -0.0336. The molecule has 0 radical (unpaired) electrons. The third-order valence-electron chi connectivity index (χ3n) is 3.38. The van der Waals surface area contributed by atoms with Crippen LogP contribution >= 0.6 is 11.6 Å². The Balaban J connectivity index is 1.66. The summed E-state index contributed by atoms with van der Waals surface area (Å²) in [5.41, 5.74) is 1.16. The molecule has 0 bridgehead atoms. The SMILES string of the molecule is Clc1ccc([C@@H]2CN(Cc3ncccn3)CCO2)cc1. The van der Waals surface area contributed by atoms with Crippen molar-refractivity contribution in [1.82, 2.24) is 14.9 Å². The molecule has 0 spiro atoms. The van der Waals surface area contributed by atoms with E-state index in [-0.39, 0.29) is 6.10 Å². The number of halogens is 1. The van der Waals surface area contributed by atoms with Crippen molar-refractivity contribution in [2.24, 2.45) is 0 Å². The minimum Gasteiger partial charge on any atom is -0.371 e. The maximum absolute atomic E-state index is 5.92. The van der Waals surface area contributed by atoms with Crippen molar-refractivity contribution in [1.29, 1.82) is 0 Å². The molecule has 3 rings (SSSR count). The van der Waals surface area contributed by atoms with Gasteiger partial charge in [-0.25, -0.2) is 9.97 Å². The van der Waals surface area contributed by atoms with Crippen LogP contribution in [-0.4, -0.2) is 34.6 Å². The lowest BCUT2D eigenvalue weighted by Gasteiger charge is -2.32. The summed E-state index contributed by atoms with van der Waals surface area (Å²) in [6.07, 6.45) is 3.64. The first-order valence-corrected chi connectivity index (χ1v) is 7.04. The Hall–Kier alpha value is -1.49. The fraction of sp³-hybridized carbons (Fsp3) is 0.333. The lowest BCUT2D eigenvalue weighted by Crippen LogP contribution is -2.38. The van der Waals surface area contributed by atoms with Crippen LogP contribution in [0.3, 0.4) is 0 Å². The molecule has 20 heavy (non-hydrogen) atoms. The molecule has 0 amide bonds. The van der Waals surface area contributed by atoms with Gasteiger partial charge in [0.1, 0.15) is 5.82 Å². The van der Waals surface area contributed by atoms with Crippen molar-refractivity contribution < 1.29 is 4.74 Å². The van der Waals surface area contributed by atoms with Crippen LogP contribution in [-0.2, 0) is 11.3 Å². The van der Waals surface area contributed by atoms with E-state index < -0.39 is 0 Å². The molecule has 1 aliphatic heterocycles. The van der Waals surface area contributed by atoms with E-state index in [1.54, 1.807) is 12.4 Å². The average Bonchev–Trinajstić information content (AvgIpc) is 2.49. The summed E-state index contributed by atoms with van der Waals surface area (Å²) in [6, 6.07) is 9.68. The van der Waals surface area contributed by atoms with Gasteiger partial charge < -0.3 is 4.74 Å². The second-order valence-electron chi connectivity index (χ2n) is 4.81. The average molecular weight is 290 g/mol. The van der Waals surface area contributed by atoms with Gasteiger partial charge in [-0.3, -0.25) is 4.90 Å². The van der Waals surface area contributed by atoms with Gasteiger partial charge in [-0.15, -0.1) is 0 Å². The highest BCUT2D eigenvalue weighted by molar-refractivity contribution is 6.30. The minimum atomic E-state index is 0.0877. The van der Waals surface area contributed by atoms with Crippen LogP contribution in [0.25, 0.3) is 0 Å². The second kappa shape index (κ2) is 6.31. The molecule has 4 nitrogen and oxygen atoms in total. The summed E-state index contributed by atoms with van der Waals surface area (Å²) in [4.78, 5) is 10.9. The van der Waals surface area contributed by atoms with Crippen LogP contribution in [0, 0.1) is 0 Å². The molecular weight excluding hydrogens is 274 g/mol. The third kappa shape index (κ3) is 3.33. The number of benzene rings is 1. The van der Waals surface area contributed by atoms with Crippen molar-refractivity contribution >= 4 is 11.6 Å². The van der Waals surface area contributed by atoms with Crippen molar-refractivity contribution in [3.63, 3.8) is 0 Å². The maximum Gasteiger partial charge on any atom is 0.142 e. The smallest absolute Gasteiger partial charge is 0.142 e. The van der Waals surface area contributed by atoms with Crippen molar-refractivity contribution in [2.75, 3.05) is 19.7 Å². The van der Waals surface area contributed by atoms with Gasteiger partial charge in [-0.05, 0) is 23.8 Å². The first-order chi connectivity index (χ1) is 9.81. The zero-order chi connectivity index (χ0) is 13.8. The van der Waals surface area contributed by atoms with E-state index in [0.717, 1.165) is 42.7 Å². The largest absolute Gasteiger partial charge is 0.371 e. The normalized spacial score (nSPS) is 19.9. The number of rotatable bonds is 3. The van der Waals surface area contributed by atoms with Crippen LogP contribution in [0.5, 0.6) is 0 Å². The van der Waals surface area contributed by atoms with Crippen LogP contribution in [0.2, 0.25) is 5.02 Å². The highest BCUT2D eigenvalue weighted by Crippen LogP contribution is 2.24. The van der Waals surface area contributed by atoms with Gasteiger partial charge in [-0.1, -0.05) is 23.7 Å². The first-order valence-electron chi connectivity index (χ1n) is 6.66. The molecule has 0 aliphatic carbocycles. The second-order valence-corrected chi connectivity index (χ2v) is 5.25. The van der Waals surface area contributed by atoms with E-state index in [9.17, 15) is 0 Å². The van der Waals surface area contributed by atoms with Crippen molar-refractivity contribution in [3.8, 4) is 0 Å². The van der Waals surface area contributed by atoms with Crippen LogP contribution in [0.4, 0.5) is 0 Å². The fourth-order valence-electron chi connectivity index (χ4n) is 2.34. The third-order valence-corrected chi connectivity index (χ3v) is 3.63. The van der Waals surface area contributed by atoms with Gasteiger partial charge in [-0.2, -0.15) is 0 Å². The quantitative estimate of drug-likeness (QED) is 0.871. The Bertz CT molecular complexity index is 547. The van der Waals surface area contributed by atoms with E-state index in [1.165, 1.54) is 0 Å². The van der Waals surface area contributed by atoms with Crippen molar-refractivity contribution in [3.05, 3.63) is 59.1 Å². The topological polar surface area (TPSA) is 38.2 Å². The predicted molar refractivity (Wildman–Crippen MR) is 77.5 cm³/mol. The predicted octanol–water partition coefficient (Wildman–Crippen LogP) is 2.70. The molecule has 1 aliphatic rings. The van der Waals surface area contributed by atoms with Gasteiger partial charge in [0.15, 0.2) is 0 Å². The Morgan fingerprint density at radius 3 is 2.70 bits per heavy atom. The molecule has 1 saturated heterocycles. The summed E-state index contributed by atoms with van der Waals surface area (Å²) in [5, 5.41) is 0.749. The van der Waals surface area contributed by atoms with Gasteiger partial charge >= 0.3 is 0 Å². The first kappa shape index (κ1) is 13.5. The zero-order valence-electron chi connectivity index (χ0n) is 11.1. The standard InChI is InChI=1S/C15H16ClN3O/c16-13-4-2-12(3-5-13)14-10-19(8-9-20-14)11-15-17-6-1-7-18-15/h1-7,14H,8-11H2/t14-/m0/s1.